The molecule has 35 heavy (non-hydrogen) atoms. The van der Waals surface area contributed by atoms with Crippen LogP contribution in [0, 0.1) is 0 Å². The molecule has 1 aliphatic heterocycles. The van der Waals surface area contributed by atoms with E-state index in [1.807, 2.05) is 6.08 Å². The second-order valence-electron chi connectivity index (χ2n) is 9.05. The van der Waals surface area contributed by atoms with E-state index >= 15 is 0 Å². The van der Waals surface area contributed by atoms with Crippen LogP contribution in [-0.2, 0) is 4.79 Å². The predicted octanol–water partition coefficient (Wildman–Crippen LogP) is 5.23. The van der Waals surface area contributed by atoms with Gasteiger partial charge in [-0.15, -0.1) is 0 Å². The molecule has 2 aromatic carbocycles. The third kappa shape index (κ3) is 6.76. The monoisotopic (exact) mass is 473 g/mol. The number of aromatic nitrogens is 1. The van der Waals surface area contributed by atoms with Gasteiger partial charge in [0.25, 0.3) is 0 Å². The van der Waals surface area contributed by atoms with E-state index in [-0.39, 0.29) is 11.7 Å². The minimum atomic E-state index is -0.0857. The smallest absolute Gasteiger partial charge is 0.243 e. The molecule has 0 atom stereocenters. The van der Waals surface area contributed by atoms with Gasteiger partial charge in [-0.3, -0.25) is 4.79 Å². The number of piperidine rings is 1. The Morgan fingerprint density at radius 1 is 1.17 bits per heavy atom. The highest BCUT2D eigenvalue weighted by Gasteiger charge is 2.22. The molecular formula is C29H35N3O3. The number of phenols is 1. The zero-order valence-corrected chi connectivity index (χ0v) is 20.4. The van der Waals surface area contributed by atoms with Crippen molar-refractivity contribution in [2.45, 2.75) is 31.6 Å². The molecule has 0 saturated carbocycles. The molecule has 6 heteroatoms. The van der Waals surface area contributed by atoms with Gasteiger partial charge >= 0.3 is 0 Å². The van der Waals surface area contributed by atoms with Crippen LogP contribution in [-0.4, -0.2) is 54.2 Å². The van der Waals surface area contributed by atoms with Crippen LogP contribution >= 0.6 is 0 Å². The van der Waals surface area contributed by atoms with Gasteiger partial charge in [-0.25, -0.2) is 0 Å². The van der Waals surface area contributed by atoms with Crippen LogP contribution < -0.4 is 10.1 Å². The Morgan fingerprint density at radius 2 is 2.00 bits per heavy atom. The molecule has 184 valence electrons. The van der Waals surface area contributed by atoms with Crippen molar-refractivity contribution in [3.63, 3.8) is 0 Å². The Kier molecular flexibility index (Phi) is 8.63. The first kappa shape index (κ1) is 24.6. The van der Waals surface area contributed by atoms with Crippen molar-refractivity contribution in [3.8, 4) is 11.5 Å². The number of methoxy groups -OCH3 is 1. The van der Waals surface area contributed by atoms with E-state index in [0.29, 0.717) is 18.2 Å². The molecule has 1 amide bonds. The summed E-state index contributed by atoms with van der Waals surface area (Å²) >= 11 is 0. The van der Waals surface area contributed by atoms with Crippen molar-refractivity contribution in [2.24, 2.45) is 0 Å². The SMILES string of the molecule is COc1cc(C=CC=CC(=O)NCCCCN2CCC(c3c[nH]c4ccccc34)CC2)ccc1O. The third-order valence-electron chi connectivity index (χ3n) is 6.70. The summed E-state index contributed by atoms with van der Waals surface area (Å²) in [5, 5.41) is 14.0. The number of phenolic OH excluding ortho intramolecular Hbond substituents is 1. The number of ether oxygens (including phenoxy) is 1. The standard InChI is InChI=1S/C29H35N3O3/c1-35-28-20-22(12-13-27(28)33)8-2-5-11-29(34)30-16-6-7-17-32-18-14-23(15-19-32)25-21-31-26-10-4-3-9-24(25)26/h2-5,8-13,20-21,23,31,33H,6-7,14-19H2,1H3,(H,30,34). The number of unbranched alkanes of at least 4 members (excludes halogenated alkanes) is 1. The van der Waals surface area contributed by atoms with Gasteiger partial charge in [-0.2, -0.15) is 0 Å². The Morgan fingerprint density at radius 3 is 2.83 bits per heavy atom. The molecule has 1 fully saturated rings. The number of rotatable bonds is 10. The number of amides is 1. The summed E-state index contributed by atoms with van der Waals surface area (Å²) in [5.41, 5.74) is 3.58. The number of nitrogens with zero attached hydrogens (tertiary/aromatic N) is 1. The number of para-hydroxylation sites is 1. The third-order valence-corrected chi connectivity index (χ3v) is 6.70. The number of fused-ring (bicyclic) bond motifs is 1. The molecule has 6 nitrogen and oxygen atoms in total. The largest absolute Gasteiger partial charge is 0.504 e. The summed E-state index contributed by atoms with van der Waals surface area (Å²) in [6.07, 6.45) is 13.6. The van der Waals surface area contributed by atoms with Crippen molar-refractivity contribution < 1.29 is 14.6 Å². The molecule has 3 aromatic rings. The van der Waals surface area contributed by atoms with Crippen LogP contribution in [0.4, 0.5) is 0 Å². The van der Waals surface area contributed by atoms with E-state index < -0.39 is 0 Å². The Balaban J connectivity index is 1.09. The molecule has 0 aliphatic carbocycles. The average Bonchev–Trinajstić information content (AvgIpc) is 3.32. The molecule has 4 rings (SSSR count). The molecule has 0 unspecified atom stereocenters. The molecule has 2 heterocycles. The fourth-order valence-corrected chi connectivity index (χ4v) is 4.74. The van der Waals surface area contributed by atoms with Crippen molar-refractivity contribution in [2.75, 3.05) is 33.3 Å². The quantitative estimate of drug-likeness (QED) is 0.214. The maximum absolute atomic E-state index is 12.0. The molecular weight excluding hydrogens is 438 g/mol. The van der Waals surface area contributed by atoms with Gasteiger partial charge in [0.15, 0.2) is 11.5 Å². The van der Waals surface area contributed by atoms with Crippen LogP contribution in [0.2, 0.25) is 0 Å². The van der Waals surface area contributed by atoms with E-state index in [9.17, 15) is 9.90 Å². The number of aromatic amines is 1. The number of carbonyl (C=O) groups is 1. The summed E-state index contributed by atoms with van der Waals surface area (Å²) in [6.45, 7) is 4.05. The second kappa shape index (κ2) is 12.3. The molecule has 3 N–H and O–H groups in total. The first-order valence-electron chi connectivity index (χ1n) is 12.4. The number of hydrogen-bond acceptors (Lipinski definition) is 4. The van der Waals surface area contributed by atoms with Crippen LogP contribution in [0.15, 0.2) is 66.9 Å². The average molecular weight is 474 g/mol. The first-order valence-corrected chi connectivity index (χ1v) is 12.4. The number of likely N-dealkylation sites (tertiary alicyclic amines) is 1. The molecule has 1 saturated heterocycles. The topological polar surface area (TPSA) is 77.6 Å². The van der Waals surface area contributed by atoms with Gasteiger partial charge in [0.2, 0.25) is 5.91 Å². The van der Waals surface area contributed by atoms with E-state index in [4.69, 9.17) is 4.74 Å². The molecule has 1 aromatic heterocycles. The maximum Gasteiger partial charge on any atom is 0.243 e. The normalized spacial score (nSPS) is 15.3. The number of benzene rings is 2. The Labute approximate surface area is 207 Å². The highest BCUT2D eigenvalue weighted by molar-refractivity contribution is 5.87. The zero-order chi connectivity index (χ0) is 24.5. The minimum absolute atomic E-state index is 0.0857. The zero-order valence-electron chi connectivity index (χ0n) is 20.4. The molecule has 0 bridgehead atoms. The molecule has 0 spiro atoms. The lowest BCUT2D eigenvalue weighted by molar-refractivity contribution is -0.116. The number of H-pyrrole nitrogens is 1. The maximum atomic E-state index is 12.0. The summed E-state index contributed by atoms with van der Waals surface area (Å²) < 4.78 is 5.10. The summed E-state index contributed by atoms with van der Waals surface area (Å²) in [6, 6.07) is 13.7. The summed E-state index contributed by atoms with van der Waals surface area (Å²) in [4.78, 5) is 18.0. The lowest BCUT2D eigenvalue weighted by Crippen LogP contribution is -2.34. The van der Waals surface area contributed by atoms with Gasteiger partial charge in [0.05, 0.1) is 7.11 Å². The number of hydrogen-bond donors (Lipinski definition) is 3. The molecule has 0 radical (unpaired) electrons. The Bertz CT molecular complexity index is 1170. The highest BCUT2D eigenvalue weighted by atomic mass is 16.5. The highest BCUT2D eigenvalue weighted by Crippen LogP contribution is 2.33. The lowest BCUT2D eigenvalue weighted by atomic mass is 9.89. The summed E-state index contributed by atoms with van der Waals surface area (Å²) in [7, 11) is 1.51. The number of allylic oxidation sites excluding steroid dienone is 2. The predicted molar refractivity (Wildman–Crippen MR) is 142 cm³/mol. The number of aromatic hydroxyl groups is 1. The second-order valence-corrected chi connectivity index (χ2v) is 9.05. The first-order chi connectivity index (χ1) is 17.1. The number of nitrogens with one attached hydrogen (secondary N) is 2. The van der Waals surface area contributed by atoms with Crippen molar-refractivity contribution in [1.29, 1.82) is 0 Å². The lowest BCUT2D eigenvalue weighted by Gasteiger charge is -2.32. The van der Waals surface area contributed by atoms with Crippen LogP contribution in [0.3, 0.4) is 0 Å². The van der Waals surface area contributed by atoms with Gasteiger partial charge in [-0.05, 0) is 80.6 Å². The van der Waals surface area contributed by atoms with Crippen LogP contribution in [0.25, 0.3) is 17.0 Å². The van der Waals surface area contributed by atoms with E-state index in [1.54, 1.807) is 30.4 Å². The van der Waals surface area contributed by atoms with Gasteiger partial charge in [0, 0.05) is 29.7 Å². The molecule has 1 aliphatic rings. The Hall–Kier alpha value is -3.51. The van der Waals surface area contributed by atoms with E-state index in [1.165, 1.54) is 42.5 Å². The van der Waals surface area contributed by atoms with Gasteiger partial charge in [0.1, 0.15) is 0 Å². The van der Waals surface area contributed by atoms with Crippen LogP contribution in [0.5, 0.6) is 11.5 Å². The summed E-state index contributed by atoms with van der Waals surface area (Å²) in [5.74, 6) is 1.08. The van der Waals surface area contributed by atoms with Gasteiger partial charge < -0.3 is 25.0 Å². The van der Waals surface area contributed by atoms with Crippen molar-refractivity contribution in [3.05, 3.63) is 78.0 Å². The fourth-order valence-electron chi connectivity index (χ4n) is 4.74. The number of carbonyl (C=O) groups excluding carboxylic acids is 1. The van der Waals surface area contributed by atoms with Crippen molar-refractivity contribution in [1.82, 2.24) is 15.2 Å². The van der Waals surface area contributed by atoms with Crippen molar-refractivity contribution >= 4 is 22.9 Å². The van der Waals surface area contributed by atoms with Gasteiger partial charge in [-0.1, -0.05) is 42.5 Å². The van der Waals surface area contributed by atoms with E-state index in [0.717, 1.165) is 38.0 Å². The van der Waals surface area contributed by atoms with Crippen LogP contribution in [0.1, 0.15) is 42.7 Å². The van der Waals surface area contributed by atoms with E-state index in [2.05, 4.69) is 45.7 Å². The minimum Gasteiger partial charge on any atom is -0.504 e. The fraction of sp³-hybridized carbons (Fsp3) is 0.345.